The first-order valence-corrected chi connectivity index (χ1v) is 7.78. The number of aromatic nitrogens is 1. The molecular formula is C16H20N2S. The molecule has 2 nitrogen and oxygen atoms in total. The molecule has 0 bridgehead atoms. The molecule has 100 valence electrons. The van der Waals surface area contributed by atoms with Crippen LogP contribution in [0.1, 0.15) is 48.0 Å². The molecule has 1 aromatic carbocycles. The van der Waals surface area contributed by atoms with Crippen molar-refractivity contribution in [1.82, 2.24) is 4.98 Å². The van der Waals surface area contributed by atoms with Crippen molar-refractivity contribution in [3.8, 4) is 0 Å². The van der Waals surface area contributed by atoms with Crippen LogP contribution < -0.4 is 5.73 Å². The maximum atomic E-state index is 6.66. The van der Waals surface area contributed by atoms with Crippen LogP contribution in [0.15, 0.2) is 29.6 Å². The van der Waals surface area contributed by atoms with Crippen LogP contribution in [0.5, 0.6) is 0 Å². The molecule has 2 aromatic rings. The molecule has 0 aliphatic heterocycles. The Balaban J connectivity index is 1.92. The minimum atomic E-state index is -0.272. The normalized spacial score (nSPS) is 22.5. The van der Waals surface area contributed by atoms with Gasteiger partial charge >= 0.3 is 0 Å². The maximum Gasteiger partial charge on any atom is 0.113 e. The third-order valence-corrected chi connectivity index (χ3v) is 5.08. The standard InChI is InChI=1S/C16H20N2S/c1-11(2)14-10-19-15(18-14)16(17)8-7-12-5-3-4-6-13(12)9-16/h3-6,10-11H,7-9,17H2,1-2H3. The topological polar surface area (TPSA) is 38.9 Å². The summed E-state index contributed by atoms with van der Waals surface area (Å²) in [6.45, 7) is 4.36. The highest BCUT2D eigenvalue weighted by atomic mass is 32.1. The zero-order valence-electron chi connectivity index (χ0n) is 11.5. The molecule has 0 amide bonds. The quantitative estimate of drug-likeness (QED) is 0.907. The summed E-state index contributed by atoms with van der Waals surface area (Å²) in [6.07, 6.45) is 2.96. The first kappa shape index (κ1) is 12.8. The third-order valence-electron chi connectivity index (χ3n) is 4.00. The van der Waals surface area contributed by atoms with Gasteiger partial charge in [-0.15, -0.1) is 11.3 Å². The van der Waals surface area contributed by atoms with E-state index in [0.29, 0.717) is 5.92 Å². The molecule has 0 saturated carbocycles. The summed E-state index contributed by atoms with van der Waals surface area (Å²) in [5, 5.41) is 3.26. The molecule has 0 saturated heterocycles. The molecule has 1 aliphatic rings. The average Bonchev–Trinajstić information content (AvgIpc) is 2.89. The summed E-state index contributed by atoms with van der Waals surface area (Å²) in [6, 6.07) is 8.64. The smallest absolute Gasteiger partial charge is 0.113 e. The summed E-state index contributed by atoms with van der Waals surface area (Å²) >= 11 is 1.72. The molecule has 0 radical (unpaired) electrons. The summed E-state index contributed by atoms with van der Waals surface area (Å²) in [5.41, 5.74) is 10.4. The lowest BCUT2D eigenvalue weighted by atomic mass is 9.79. The van der Waals surface area contributed by atoms with Gasteiger partial charge in [0, 0.05) is 5.38 Å². The first-order chi connectivity index (χ1) is 9.08. The van der Waals surface area contributed by atoms with Crippen molar-refractivity contribution in [3.05, 3.63) is 51.5 Å². The van der Waals surface area contributed by atoms with Crippen molar-refractivity contribution < 1.29 is 0 Å². The lowest BCUT2D eigenvalue weighted by Gasteiger charge is -2.33. The molecule has 0 fully saturated rings. The SMILES string of the molecule is CC(C)c1csc(C2(N)CCc3ccccc3C2)n1. The molecule has 2 N–H and O–H groups in total. The van der Waals surface area contributed by atoms with Gasteiger partial charge in [0.2, 0.25) is 0 Å². The highest BCUT2D eigenvalue weighted by Gasteiger charge is 2.34. The number of benzene rings is 1. The van der Waals surface area contributed by atoms with Crippen LogP contribution in [0.25, 0.3) is 0 Å². The van der Waals surface area contributed by atoms with Crippen LogP contribution >= 0.6 is 11.3 Å². The Hall–Kier alpha value is -1.19. The van der Waals surface area contributed by atoms with Crippen molar-refractivity contribution in [2.75, 3.05) is 0 Å². The van der Waals surface area contributed by atoms with Crippen molar-refractivity contribution >= 4 is 11.3 Å². The molecule has 19 heavy (non-hydrogen) atoms. The zero-order valence-corrected chi connectivity index (χ0v) is 12.3. The number of nitrogens with two attached hydrogens (primary N) is 1. The van der Waals surface area contributed by atoms with E-state index in [4.69, 9.17) is 10.7 Å². The second-order valence-corrected chi connectivity index (χ2v) is 6.69. The number of aryl methyl sites for hydroxylation is 1. The van der Waals surface area contributed by atoms with Crippen LogP contribution in [0.4, 0.5) is 0 Å². The molecule has 1 aliphatic carbocycles. The Kier molecular flexibility index (Phi) is 3.19. The van der Waals surface area contributed by atoms with Gasteiger partial charge in [0.25, 0.3) is 0 Å². The van der Waals surface area contributed by atoms with Gasteiger partial charge < -0.3 is 5.73 Å². The van der Waals surface area contributed by atoms with E-state index in [0.717, 1.165) is 24.3 Å². The van der Waals surface area contributed by atoms with Crippen molar-refractivity contribution in [2.24, 2.45) is 5.73 Å². The summed E-state index contributed by atoms with van der Waals surface area (Å²) in [7, 11) is 0. The van der Waals surface area contributed by atoms with E-state index in [1.54, 1.807) is 11.3 Å². The Morgan fingerprint density at radius 3 is 2.68 bits per heavy atom. The molecule has 0 spiro atoms. The monoisotopic (exact) mass is 272 g/mol. The van der Waals surface area contributed by atoms with E-state index in [1.807, 2.05) is 0 Å². The summed E-state index contributed by atoms with van der Waals surface area (Å²) in [4.78, 5) is 4.77. The van der Waals surface area contributed by atoms with Crippen molar-refractivity contribution in [3.63, 3.8) is 0 Å². The van der Waals surface area contributed by atoms with Crippen LogP contribution in [0, 0.1) is 0 Å². The van der Waals surface area contributed by atoms with Crippen LogP contribution in [-0.4, -0.2) is 4.98 Å². The summed E-state index contributed by atoms with van der Waals surface area (Å²) in [5.74, 6) is 0.476. The summed E-state index contributed by atoms with van der Waals surface area (Å²) < 4.78 is 0. The van der Waals surface area contributed by atoms with Crippen LogP contribution in [0.3, 0.4) is 0 Å². The predicted molar refractivity (Wildman–Crippen MR) is 80.5 cm³/mol. The van der Waals surface area contributed by atoms with E-state index in [2.05, 4.69) is 43.5 Å². The lowest BCUT2D eigenvalue weighted by Crippen LogP contribution is -2.42. The number of hydrogen-bond acceptors (Lipinski definition) is 3. The van der Waals surface area contributed by atoms with Gasteiger partial charge in [0.05, 0.1) is 11.2 Å². The van der Waals surface area contributed by atoms with Gasteiger partial charge in [-0.05, 0) is 36.3 Å². The van der Waals surface area contributed by atoms with Gasteiger partial charge in [-0.2, -0.15) is 0 Å². The van der Waals surface area contributed by atoms with Crippen molar-refractivity contribution in [1.29, 1.82) is 0 Å². The molecule has 1 atom stereocenters. The number of fused-ring (bicyclic) bond motifs is 1. The molecule has 1 aromatic heterocycles. The molecular weight excluding hydrogens is 252 g/mol. The zero-order chi connectivity index (χ0) is 13.5. The fourth-order valence-corrected chi connectivity index (χ4v) is 3.85. The lowest BCUT2D eigenvalue weighted by molar-refractivity contribution is 0.382. The number of thiazole rings is 1. The molecule has 1 unspecified atom stereocenters. The highest BCUT2D eigenvalue weighted by molar-refractivity contribution is 7.09. The van der Waals surface area contributed by atoms with Gasteiger partial charge in [0.1, 0.15) is 5.01 Å². The minimum Gasteiger partial charge on any atom is -0.319 e. The van der Waals surface area contributed by atoms with Gasteiger partial charge in [-0.3, -0.25) is 0 Å². The maximum absolute atomic E-state index is 6.66. The second-order valence-electron chi connectivity index (χ2n) is 5.83. The Morgan fingerprint density at radius 1 is 1.26 bits per heavy atom. The third kappa shape index (κ3) is 2.33. The van der Waals surface area contributed by atoms with E-state index in [-0.39, 0.29) is 5.54 Å². The van der Waals surface area contributed by atoms with Crippen LogP contribution in [-0.2, 0) is 18.4 Å². The molecule has 3 rings (SSSR count). The van der Waals surface area contributed by atoms with Gasteiger partial charge in [-0.1, -0.05) is 38.1 Å². The minimum absolute atomic E-state index is 0.272. The number of nitrogens with zero attached hydrogens (tertiary/aromatic N) is 1. The van der Waals surface area contributed by atoms with Gasteiger partial charge in [-0.25, -0.2) is 4.98 Å². The first-order valence-electron chi connectivity index (χ1n) is 6.90. The van der Waals surface area contributed by atoms with E-state index in [1.165, 1.54) is 16.8 Å². The van der Waals surface area contributed by atoms with E-state index >= 15 is 0 Å². The molecule has 3 heteroatoms. The number of hydrogen-bond donors (Lipinski definition) is 1. The Bertz CT molecular complexity index is 588. The highest BCUT2D eigenvalue weighted by Crippen LogP contribution is 2.36. The Morgan fingerprint density at radius 2 is 2.00 bits per heavy atom. The van der Waals surface area contributed by atoms with E-state index < -0.39 is 0 Å². The van der Waals surface area contributed by atoms with Crippen LogP contribution in [0.2, 0.25) is 0 Å². The van der Waals surface area contributed by atoms with Gasteiger partial charge in [0.15, 0.2) is 0 Å². The second kappa shape index (κ2) is 4.73. The van der Waals surface area contributed by atoms with E-state index in [9.17, 15) is 0 Å². The molecule has 1 heterocycles. The van der Waals surface area contributed by atoms with Crippen molar-refractivity contribution in [2.45, 2.75) is 44.6 Å². The fourth-order valence-electron chi connectivity index (χ4n) is 2.72. The Labute approximate surface area is 118 Å². The largest absolute Gasteiger partial charge is 0.319 e. The fraction of sp³-hybridized carbons (Fsp3) is 0.438. The number of rotatable bonds is 2. The average molecular weight is 272 g/mol. The predicted octanol–water partition coefficient (Wildman–Crippen LogP) is 3.61.